The van der Waals surface area contributed by atoms with Crippen molar-refractivity contribution in [3.8, 4) is 5.75 Å². The van der Waals surface area contributed by atoms with E-state index in [1.54, 1.807) is 41.6 Å². The van der Waals surface area contributed by atoms with Crippen LogP contribution in [0, 0.1) is 6.92 Å². The second-order valence-electron chi connectivity index (χ2n) is 5.77. The molecule has 0 N–H and O–H groups in total. The third kappa shape index (κ3) is 3.23. The standard InChI is InChI=1S/C18H19N3O2S/c1-11(2)23-15-6-5-9-19-17(15)18(22)21(4)13-7-8-14-16(10-13)24-12(3)20-14/h5-11H,1-4H3. The van der Waals surface area contributed by atoms with Crippen LogP contribution in [-0.4, -0.2) is 29.0 Å². The highest BCUT2D eigenvalue weighted by molar-refractivity contribution is 7.18. The van der Waals surface area contributed by atoms with Gasteiger partial charge in [0.05, 0.1) is 21.3 Å². The molecule has 0 saturated heterocycles. The van der Waals surface area contributed by atoms with E-state index in [-0.39, 0.29) is 12.0 Å². The van der Waals surface area contributed by atoms with E-state index < -0.39 is 0 Å². The summed E-state index contributed by atoms with van der Waals surface area (Å²) < 4.78 is 6.77. The molecule has 0 radical (unpaired) electrons. The van der Waals surface area contributed by atoms with Crippen molar-refractivity contribution in [1.82, 2.24) is 9.97 Å². The van der Waals surface area contributed by atoms with Gasteiger partial charge in [-0.05, 0) is 51.1 Å². The van der Waals surface area contributed by atoms with Crippen molar-refractivity contribution in [3.05, 3.63) is 47.2 Å². The molecule has 5 nitrogen and oxygen atoms in total. The SMILES string of the molecule is Cc1nc2ccc(N(C)C(=O)c3ncccc3OC(C)C)cc2s1. The Hall–Kier alpha value is -2.47. The number of pyridine rings is 1. The zero-order chi connectivity index (χ0) is 17.3. The van der Waals surface area contributed by atoms with Crippen LogP contribution < -0.4 is 9.64 Å². The molecule has 3 aromatic rings. The normalized spacial score (nSPS) is 11.0. The maximum atomic E-state index is 12.9. The maximum Gasteiger partial charge on any atom is 0.280 e. The fraction of sp³-hybridized carbons (Fsp3) is 0.278. The molecule has 124 valence electrons. The second kappa shape index (κ2) is 6.57. The van der Waals surface area contributed by atoms with E-state index in [0.29, 0.717) is 11.4 Å². The molecule has 1 aromatic carbocycles. The first-order valence-electron chi connectivity index (χ1n) is 7.72. The Morgan fingerprint density at radius 1 is 1.29 bits per heavy atom. The number of amides is 1. The molecule has 24 heavy (non-hydrogen) atoms. The van der Waals surface area contributed by atoms with Crippen LogP contribution in [-0.2, 0) is 0 Å². The van der Waals surface area contributed by atoms with E-state index in [0.717, 1.165) is 20.9 Å². The number of ether oxygens (including phenoxy) is 1. The zero-order valence-electron chi connectivity index (χ0n) is 14.1. The lowest BCUT2D eigenvalue weighted by atomic mass is 10.2. The van der Waals surface area contributed by atoms with Crippen LogP contribution in [0.5, 0.6) is 5.75 Å². The molecular formula is C18H19N3O2S. The van der Waals surface area contributed by atoms with Gasteiger partial charge in [0.2, 0.25) is 0 Å². The second-order valence-corrected chi connectivity index (χ2v) is 7.00. The molecule has 0 fully saturated rings. The van der Waals surface area contributed by atoms with Gasteiger partial charge in [0.15, 0.2) is 11.4 Å². The van der Waals surface area contributed by atoms with Gasteiger partial charge in [-0.15, -0.1) is 11.3 Å². The Morgan fingerprint density at radius 3 is 2.83 bits per heavy atom. The van der Waals surface area contributed by atoms with Crippen molar-refractivity contribution < 1.29 is 9.53 Å². The highest BCUT2D eigenvalue weighted by Gasteiger charge is 2.20. The quantitative estimate of drug-likeness (QED) is 0.718. The summed E-state index contributed by atoms with van der Waals surface area (Å²) in [6.45, 7) is 5.82. The molecule has 0 atom stereocenters. The first kappa shape index (κ1) is 16.4. The molecule has 0 saturated carbocycles. The lowest BCUT2D eigenvalue weighted by molar-refractivity contribution is 0.0982. The maximum absolute atomic E-state index is 12.9. The molecule has 0 bridgehead atoms. The van der Waals surface area contributed by atoms with Crippen LogP contribution in [0.1, 0.15) is 29.3 Å². The molecule has 6 heteroatoms. The zero-order valence-corrected chi connectivity index (χ0v) is 14.9. The summed E-state index contributed by atoms with van der Waals surface area (Å²) in [5.74, 6) is 0.297. The summed E-state index contributed by atoms with van der Waals surface area (Å²) in [6.07, 6.45) is 1.58. The molecule has 0 aliphatic rings. The van der Waals surface area contributed by atoms with E-state index in [2.05, 4.69) is 9.97 Å². The lowest BCUT2D eigenvalue weighted by Gasteiger charge is -2.19. The van der Waals surface area contributed by atoms with Crippen LogP contribution in [0.15, 0.2) is 36.5 Å². The molecular weight excluding hydrogens is 322 g/mol. The molecule has 1 amide bonds. The van der Waals surface area contributed by atoms with Crippen LogP contribution in [0.4, 0.5) is 5.69 Å². The van der Waals surface area contributed by atoms with Crippen molar-refractivity contribution in [2.75, 3.05) is 11.9 Å². The minimum atomic E-state index is -0.202. The number of nitrogens with zero attached hydrogens (tertiary/aromatic N) is 3. The highest BCUT2D eigenvalue weighted by Crippen LogP contribution is 2.28. The number of hydrogen-bond acceptors (Lipinski definition) is 5. The molecule has 0 aliphatic heterocycles. The van der Waals surface area contributed by atoms with Gasteiger partial charge in [0.1, 0.15) is 0 Å². The molecule has 0 aliphatic carbocycles. The Balaban J connectivity index is 1.93. The first-order valence-corrected chi connectivity index (χ1v) is 8.54. The number of hydrogen-bond donors (Lipinski definition) is 0. The predicted octanol–water partition coefficient (Wildman–Crippen LogP) is 4.06. The van der Waals surface area contributed by atoms with E-state index in [4.69, 9.17) is 4.74 Å². The predicted molar refractivity (Wildman–Crippen MR) is 97.1 cm³/mol. The van der Waals surface area contributed by atoms with Crippen molar-refractivity contribution >= 4 is 33.1 Å². The Bertz CT molecular complexity index is 889. The summed E-state index contributed by atoms with van der Waals surface area (Å²) in [6, 6.07) is 9.33. The topological polar surface area (TPSA) is 55.3 Å². The summed E-state index contributed by atoms with van der Waals surface area (Å²) in [4.78, 5) is 23.1. The number of anilines is 1. The number of carbonyl (C=O) groups is 1. The van der Waals surface area contributed by atoms with Crippen LogP contribution in [0.2, 0.25) is 0 Å². The number of fused-ring (bicyclic) bond motifs is 1. The summed E-state index contributed by atoms with van der Waals surface area (Å²) in [5, 5.41) is 1.01. The molecule has 0 spiro atoms. The van der Waals surface area contributed by atoms with Gasteiger partial charge < -0.3 is 9.64 Å². The third-order valence-electron chi connectivity index (χ3n) is 3.51. The Morgan fingerprint density at radius 2 is 2.08 bits per heavy atom. The Labute approximate surface area is 144 Å². The number of aryl methyl sites for hydroxylation is 1. The van der Waals surface area contributed by atoms with E-state index in [1.807, 2.05) is 39.0 Å². The van der Waals surface area contributed by atoms with Crippen molar-refractivity contribution in [2.45, 2.75) is 26.9 Å². The lowest BCUT2D eigenvalue weighted by Crippen LogP contribution is -2.28. The van der Waals surface area contributed by atoms with Crippen molar-refractivity contribution in [1.29, 1.82) is 0 Å². The first-order chi connectivity index (χ1) is 11.5. The smallest absolute Gasteiger partial charge is 0.280 e. The number of aromatic nitrogens is 2. The van der Waals surface area contributed by atoms with Crippen LogP contribution in [0.25, 0.3) is 10.2 Å². The van der Waals surface area contributed by atoms with Crippen LogP contribution in [0.3, 0.4) is 0 Å². The monoisotopic (exact) mass is 341 g/mol. The van der Waals surface area contributed by atoms with E-state index >= 15 is 0 Å². The summed E-state index contributed by atoms with van der Waals surface area (Å²) in [5.41, 5.74) is 2.07. The molecule has 3 rings (SSSR count). The minimum Gasteiger partial charge on any atom is -0.489 e. The minimum absolute atomic E-state index is 0.0254. The van der Waals surface area contributed by atoms with Gasteiger partial charge in [-0.3, -0.25) is 4.79 Å². The van der Waals surface area contributed by atoms with Gasteiger partial charge in [0, 0.05) is 18.9 Å². The van der Waals surface area contributed by atoms with E-state index in [1.165, 1.54) is 0 Å². The van der Waals surface area contributed by atoms with E-state index in [9.17, 15) is 4.79 Å². The van der Waals surface area contributed by atoms with Gasteiger partial charge >= 0.3 is 0 Å². The average molecular weight is 341 g/mol. The fourth-order valence-corrected chi connectivity index (χ4v) is 3.27. The largest absolute Gasteiger partial charge is 0.489 e. The fourth-order valence-electron chi connectivity index (χ4n) is 2.41. The van der Waals surface area contributed by atoms with Gasteiger partial charge in [-0.1, -0.05) is 0 Å². The number of thiazole rings is 1. The summed E-state index contributed by atoms with van der Waals surface area (Å²) >= 11 is 1.61. The third-order valence-corrected chi connectivity index (χ3v) is 4.44. The van der Waals surface area contributed by atoms with Gasteiger partial charge in [0.25, 0.3) is 5.91 Å². The molecule has 2 aromatic heterocycles. The summed E-state index contributed by atoms with van der Waals surface area (Å²) in [7, 11) is 1.74. The van der Waals surface area contributed by atoms with Gasteiger partial charge in [-0.2, -0.15) is 0 Å². The van der Waals surface area contributed by atoms with Crippen molar-refractivity contribution in [2.24, 2.45) is 0 Å². The van der Waals surface area contributed by atoms with Gasteiger partial charge in [-0.25, -0.2) is 9.97 Å². The Kier molecular flexibility index (Phi) is 4.49. The van der Waals surface area contributed by atoms with Crippen LogP contribution >= 0.6 is 11.3 Å². The number of benzene rings is 1. The number of carbonyl (C=O) groups excluding carboxylic acids is 1. The van der Waals surface area contributed by atoms with Crippen molar-refractivity contribution in [3.63, 3.8) is 0 Å². The average Bonchev–Trinajstić information content (AvgIpc) is 2.92. The highest BCUT2D eigenvalue weighted by atomic mass is 32.1. The number of rotatable bonds is 4. The molecule has 2 heterocycles. The molecule has 0 unspecified atom stereocenters.